The van der Waals surface area contributed by atoms with Crippen molar-refractivity contribution in [2.24, 2.45) is 0 Å². The molecule has 29 heavy (non-hydrogen) atoms. The van der Waals surface area contributed by atoms with Crippen molar-refractivity contribution >= 4 is 21.8 Å². The van der Waals surface area contributed by atoms with Gasteiger partial charge in [0.05, 0.1) is 4.90 Å². The van der Waals surface area contributed by atoms with Gasteiger partial charge in [-0.25, -0.2) is 8.42 Å². The van der Waals surface area contributed by atoms with Crippen LogP contribution in [0.15, 0.2) is 47.4 Å². The van der Waals surface area contributed by atoms with E-state index in [9.17, 15) is 18.0 Å². The molecule has 0 amide bonds. The minimum Gasteiger partial charge on any atom is -0.456 e. The summed E-state index contributed by atoms with van der Waals surface area (Å²) < 4.78 is 32.3. The lowest BCUT2D eigenvalue weighted by Gasteiger charge is -2.22. The van der Waals surface area contributed by atoms with E-state index in [1.165, 1.54) is 16.4 Å². The molecule has 1 aliphatic rings. The van der Waals surface area contributed by atoms with Gasteiger partial charge in [0.2, 0.25) is 10.0 Å². The van der Waals surface area contributed by atoms with E-state index in [2.05, 4.69) is 0 Å². The number of aryl methyl sites for hydroxylation is 3. The lowest BCUT2D eigenvalue weighted by molar-refractivity contribution is -0.146. The smallest absolute Gasteiger partial charge is 0.324 e. The molecule has 1 aliphatic heterocycles. The molecule has 0 aromatic heterocycles. The fourth-order valence-corrected chi connectivity index (χ4v) is 4.99. The van der Waals surface area contributed by atoms with Gasteiger partial charge in [-0.1, -0.05) is 29.8 Å². The van der Waals surface area contributed by atoms with Crippen molar-refractivity contribution in [3.63, 3.8) is 0 Å². The van der Waals surface area contributed by atoms with E-state index in [4.69, 9.17) is 4.74 Å². The topological polar surface area (TPSA) is 80.8 Å². The maximum Gasteiger partial charge on any atom is 0.324 e. The second kappa shape index (κ2) is 8.47. The Balaban J connectivity index is 1.69. The van der Waals surface area contributed by atoms with Gasteiger partial charge in [-0.2, -0.15) is 4.31 Å². The van der Waals surface area contributed by atoms with Crippen LogP contribution in [-0.2, 0) is 19.6 Å². The highest BCUT2D eigenvalue weighted by molar-refractivity contribution is 7.89. The Hall–Kier alpha value is -2.51. The molecule has 1 fully saturated rings. The molecule has 1 saturated heterocycles. The third-order valence-electron chi connectivity index (χ3n) is 5.28. The molecule has 0 bridgehead atoms. The summed E-state index contributed by atoms with van der Waals surface area (Å²) in [6.07, 6.45) is 0.942. The van der Waals surface area contributed by atoms with Crippen LogP contribution >= 0.6 is 0 Å². The van der Waals surface area contributed by atoms with Crippen molar-refractivity contribution in [3.05, 3.63) is 64.7 Å². The fourth-order valence-electron chi connectivity index (χ4n) is 3.34. The molecule has 1 heterocycles. The fraction of sp³-hybridized carbons (Fsp3) is 0.364. The van der Waals surface area contributed by atoms with E-state index in [0.29, 0.717) is 18.4 Å². The van der Waals surface area contributed by atoms with Crippen LogP contribution in [0.25, 0.3) is 0 Å². The Morgan fingerprint density at radius 1 is 1.03 bits per heavy atom. The van der Waals surface area contributed by atoms with Gasteiger partial charge >= 0.3 is 5.97 Å². The maximum atomic E-state index is 12.9. The highest BCUT2D eigenvalue weighted by Gasteiger charge is 2.40. The Morgan fingerprint density at radius 3 is 2.38 bits per heavy atom. The SMILES string of the molecule is Cc1ccc(S(=O)(=O)N2CCC[C@H]2C(=O)OCC(=O)c2ccc(C)c(C)c2)cc1. The first-order valence-electron chi connectivity index (χ1n) is 9.56. The zero-order valence-electron chi connectivity index (χ0n) is 16.8. The average molecular weight is 416 g/mol. The van der Waals surface area contributed by atoms with E-state index in [1.54, 1.807) is 24.3 Å². The number of hydrogen-bond acceptors (Lipinski definition) is 5. The number of benzene rings is 2. The number of rotatable bonds is 6. The first-order chi connectivity index (χ1) is 13.7. The summed E-state index contributed by atoms with van der Waals surface area (Å²) in [6, 6.07) is 10.9. The lowest BCUT2D eigenvalue weighted by Crippen LogP contribution is -2.41. The van der Waals surface area contributed by atoms with Crippen LogP contribution in [0.3, 0.4) is 0 Å². The molecule has 0 saturated carbocycles. The summed E-state index contributed by atoms with van der Waals surface area (Å²) in [5.74, 6) is -0.997. The number of ether oxygens (including phenoxy) is 1. The van der Waals surface area contributed by atoms with Crippen molar-refractivity contribution in [1.29, 1.82) is 0 Å². The van der Waals surface area contributed by atoms with Gasteiger partial charge in [0.15, 0.2) is 12.4 Å². The quantitative estimate of drug-likeness (QED) is 0.535. The molecule has 0 radical (unpaired) electrons. The Kier molecular flexibility index (Phi) is 6.19. The second-order valence-corrected chi connectivity index (χ2v) is 9.31. The second-order valence-electron chi connectivity index (χ2n) is 7.42. The summed E-state index contributed by atoms with van der Waals surface area (Å²) in [6.45, 7) is 5.58. The minimum atomic E-state index is -3.80. The lowest BCUT2D eigenvalue weighted by atomic mass is 10.0. The van der Waals surface area contributed by atoms with Crippen LogP contribution < -0.4 is 0 Å². The summed E-state index contributed by atoms with van der Waals surface area (Å²) in [7, 11) is -3.80. The van der Waals surface area contributed by atoms with Gasteiger partial charge in [-0.3, -0.25) is 9.59 Å². The van der Waals surface area contributed by atoms with E-state index in [1.807, 2.05) is 26.8 Å². The van der Waals surface area contributed by atoms with Gasteiger partial charge in [0.25, 0.3) is 0 Å². The van der Waals surface area contributed by atoms with Crippen molar-refractivity contribution in [3.8, 4) is 0 Å². The van der Waals surface area contributed by atoms with Crippen LogP contribution in [0.1, 0.15) is 39.9 Å². The average Bonchev–Trinajstić information content (AvgIpc) is 3.19. The summed E-state index contributed by atoms with van der Waals surface area (Å²) >= 11 is 0. The predicted molar refractivity (Wildman–Crippen MR) is 109 cm³/mol. The Labute approximate surface area is 171 Å². The summed E-state index contributed by atoms with van der Waals surface area (Å²) in [4.78, 5) is 25.1. The van der Waals surface area contributed by atoms with Gasteiger partial charge in [-0.15, -0.1) is 0 Å². The third-order valence-corrected chi connectivity index (χ3v) is 7.20. The number of ketones is 1. The van der Waals surface area contributed by atoms with Crippen LogP contribution in [0.4, 0.5) is 0 Å². The maximum absolute atomic E-state index is 12.9. The summed E-state index contributed by atoms with van der Waals surface area (Å²) in [5, 5.41) is 0. The number of Topliss-reactive ketones (excluding diaryl/α,β-unsaturated/α-hetero) is 1. The molecule has 7 heteroatoms. The molecule has 154 valence electrons. The number of carbonyl (C=O) groups is 2. The predicted octanol–water partition coefficient (Wildman–Crippen LogP) is 3.19. The zero-order chi connectivity index (χ0) is 21.2. The number of sulfonamides is 1. The molecular formula is C22H25NO5S. The van der Waals surface area contributed by atoms with Crippen LogP contribution in [0.2, 0.25) is 0 Å². The molecule has 2 aromatic rings. The van der Waals surface area contributed by atoms with Gasteiger partial charge in [0, 0.05) is 12.1 Å². The van der Waals surface area contributed by atoms with Crippen molar-refractivity contribution < 1.29 is 22.7 Å². The molecule has 0 spiro atoms. The van der Waals surface area contributed by atoms with Crippen LogP contribution in [-0.4, -0.2) is 43.7 Å². The molecule has 0 unspecified atom stereocenters. The zero-order valence-corrected chi connectivity index (χ0v) is 17.7. The molecule has 3 rings (SSSR count). The van der Waals surface area contributed by atoms with Gasteiger partial charge < -0.3 is 4.74 Å². The van der Waals surface area contributed by atoms with Gasteiger partial charge in [-0.05, 0) is 62.9 Å². The molecular weight excluding hydrogens is 390 g/mol. The molecule has 2 aromatic carbocycles. The van der Waals surface area contributed by atoms with Crippen molar-refractivity contribution in [2.45, 2.75) is 44.6 Å². The highest BCUT2D eigenvalue weighted by Crippen LogP contribution is 2.27. The first kappa shape index (κ1) is 21.2. The van der Waals surface area contributed by atoms with E-state index < -0.39 is 28.6 Å². The van der Waals surface area contributed by atoms with E-state index >= 15 is 0 Å². The van der Waals surface area contributed by atoms with Crippen molar-refractivity contribution in [2.75, 3.05) is 13.2 Å². The van der Waals surface area contributed by atoms with Crippen molar-refractivity contribution in [1.82, 2.24) is 4.31 Å². The Bertz CT molecular complexity index is 1030. The standard InChI is InChI=1S/C22H25NO5S/c1-15-6-10-19(11-7-15)29(26,27)23-12-4-5-20(23)22(25)28-14-21(24)18-9-8-16(2)17(3)13-18/h6-11,13,20H,4-5,12,14H2,1-3H3/t20-/m0/s1. The number of hydrogen-bond donors (Lipinski definition) is 0. The van der Waals surface area contributed by atoms with Crippen LogP contribution in [0, 0.1) is 20.8 Å². The monoisotopic (exact) mass is 415 g/mol. The highest BCUT2D eigenvalue weighted by atomic mass is 32.2. The van der Waals surface area contributed by atoms with Crippen LogP contribution in [0.5, 0.6) is 0 Å². The molecule has 0 aliphatic carbocycles. The normalized spacial score (nSPS) is 17.3. The third kappa shape index (κ3) is 4.57. The molecule has 0 N–H and O–H groups in total. The number of esters is 1. The summed E-state index contributed by atoms with van der Waals surface area (Å²) in [5.41, 5.74) is 3.47. The largest absolute Gasteiger partial charge is 0.456 e. The van der Waals surface area contributed by atoms with Gasteiger partial charge in [0.1, 0.15) is 6.04 Å². The minimum absolute atomic E-state index is 0.147. The first-order valence-corrected chi connectivity index (χ1v) is 11.0. The Morgan fingerprint density at radius 2 is 1.72 bits per heavy atom. The molecule has 1 atom stereocenters. The van der Waals surface area contributed by atoms with E-state index in [-0.39, 0.29) is 17.2 Å². The number of nitrogens with zero attached hydrogens (tertiary/aromatic N) is 1. The van der Waals surface area contributed by atoms with E-state index in [0.717, 1.165) is 16.7 Å². The molecule has 6 nitrogen and oxygen atoms in total. The number of carbonyl (C=O) groups excluding carboxylic acids is 2.